The molecular weight excluding hydrogens is 310 g/mol. The predicted molar refractivity (Wildman–Crippen MR) is 99.5 cm³/mol. The van der Waals surface area contributed by atoms with E-state index in [0.29, 0.717) is 0 Å². The van der Waals surface area contributed by atoms with Crippen LogP contribution in [0, 0.1) is 6.92 Å². The average Bonchev–Trinajstić information content (AvgIpc) is 2.97. The van der Waals surface area contributed by atoms with Crippen molar-refractivity contribution in [3.63, 3.8) is 0 Å². The first-order valence-electron chi connectivity index (χ1n) is 8.28. The third-order valence-corrected chi connectivity index (χ3v) is 4.85. The zero-order valence-corrected chi connectivity index (χ0v) is 13.8. The first-order valence-corrected chi connectivity index (χ1v) is 8.28. The maximum Gasteiger partial charge on any atom is 0.238 e. The summed E-state index contributed by atoms with van der Waals surface area (Å²) in [5, 5.41) is 8.07. The molecule has 1 unspecified atom stereocenters. The number of nitrogen functional groups attached to an aromatic ring is 1. The molecule has 5 heteroatoms. The standard InChI is InChI=1S/C20H17N5/c1-12-6-2-3-7-13(12)17-15-10-11-25-19(15)18(23-20(21)24-25)14-8-4-5-9-16(14)22-17/h2-11,17,22H,1H3,(H2,21,24). The minimum absolute atomic E-state index is 0.0285. The van der Waals surface area contributed by atoms with E-state index in [2.05, 4.69) is 64.8 Å². The van der Waals surface area contributed by atoms with Gasteiger partial charge in [0.1, 0.15) is 5.69 Å². The Labute approximate surface area is 145 Å². The van der Waals surface area contributed by atoms with Crippen LogP contribution in [0.5, 0.6) is 0 Å². The second-order valence-electron chi connectivity index (χ2n) is 6.36. The summed E-state index contributed by atoms with van der Waals surface area (Å²) < 4.78 is 1.84. The summed E-state index contributed by atoms with van der Waals surface area (Å²) in [5.74, 6) is 0.272. The summed E-state index contributed by atoms with van der Waals surface area (Å²) in [7, 11) is 0. The number of anilines is 2. The molecule has 4 aromatic rings. The minimum atomic E-state index is 0.0285. The van der Waals surface area contributed by atoms with Gasteiger partial charge in [0.25, 0.3) is 0 Å². The number of nitrogens with one attached hydrogen (secondary N) is 1. The van der Waals surface area contributed by atoms with Gasteiger partial charge in [-0.1, -0.05) is 42.5 Å². The van der Waals surface area contributed by atoms with Gasteiger partial charge in [-0.05, 0) is 30.2 Å². The van der Waals surface area contributed by atoms with E-state index in [1.54, 1.807) is 0 Å². The van der Waals surface area contributed by atoms with Crippen LogP contribution in [0.4, 0.5) is 11.6 Å². The molecule has 2 aromatic carbocycles. The lowest BCUT2D eigenvalue weighted by Crippen LogP contribution is -2.12. The highest BCUT2D eigenvalue weighted by atomic mass is 15.3. The highest BCUT2D eigenvalue weighted by Gasteiger charge is 2.27. The molecule has 3 heterocycles. The number of aromatic nitrogens is 3. The van der Waals surface area contributed by atoms with Crippen LogP contribution in [0.25, 0.3) is 16.8 Å². The van der Waals surface area contributed by atoms with Gasteiger partial charge in [0, 0.05) is 23.0 Å². The third kappa shape index (κ3) is 2.02. The van der Waals surface area contributed by atoms with E-state index in [0.717, 1.165) is 28.0 Å². The first-order chi connectivity index (χ1) is 12.2. The maximum absolute atomic E-state index is 5.95. The van der Waals surface area contributed by atoms with Crippen LogP contribution in [0.15, 0.2) is 60.8 Å². The van der Waals surface area contributed by atoms with E-state index in [9.17, 15) is 0 Å². The molecule has 0 bridgehead atoms. The van der Waals surface area contributed by atoms with Gasteiger partial charge < -0.3 is 11.1 Å². The number of hydrogen-bond donors (Lipinski definition) is 2. The van der Waals surface area contributed by atoms with Crippen LogP contribution < -0.4 is 11.1 Å². The molecule has 0 saturated carbocycles. The molecule has 0 saturated heterocycles. The molecule has 1 atom stereocenters. The van der Waals surface area contributed by atoms with E-state index in [1.165, 1.54) is 11.1 Å². The smallest absolute Gasteiger partial charge is 0.238 e. The second-order valence-corrected chi connectivity index (χ2v) is 6.36. The fourth-order valence-electron chi connectivity index (χ4n) is 3.69. The number of benzene rings is 2. The minimum Gasteiger partial charge on any atom is -0.373 e. The van der Waals surface area contributed by atoms with Crippen molar-refractivity contribution in [1.29, 1.82) is 0 Å². The Morgan fingerprint density at radius 2 is 1.80 bits per heavy atom. The van der Waals surface area contributed by atoms with Crippen LogP contribution in [-0.2, 0) is 0 Å². The van der Waals surface area contributed by atoms with Crippen LogP contribution in [0.2, 0.25) is 0 Å². The van der Waals surface area contributed by atoms with Crippen molar-refractivity contribution in [3.05, 3.63) is 77.5 Å². The van der Waals surface area contributed by atoms with Gasteiger partial charge in [-0.15, -0.1) is 5.10 Å². The van der Waals surface area contributed by atoms with Crippen molar-refractivity contribution < 1.29 is 0 Å². The number of aryl methyl sites for hydroxylation is 1. The fraction of sp³-hybridized carbons (Fsp3) is 0.100. The molecule has 5 nitrogen and oxygen atoms in total. The molecule has 2 aromatic heterocycles. The Morgan fingerprint density at radius 1 is 1.00 bits per heavy atom. The van der Waals surface area contributed by atoms with Gasteiger partial charge in [-0.3, -0.25) is 0 Å². The van der Waals surface area contributed by atoms with Gasteiger partial charge in [0.2, 0.25) is 5.95 Å². The molecule has 5 rings (SSSR count). The van der Waals surface area contributed by atoms with Gasteiger partial charge in [0.05, 0.1) is 11.6 Å². The third-order valence-electron chi connectivity index (χ3n) is 4.85. The maximum atomic E-state index is 5.95. The van der Waals surface area contributed by atoms with E-state index in [4.69, 9.17) is 5.73 Å². The summed E-state index contributed by atoms with van der Waals surface area (Å²) in [6.45, 7) is 2.14. The SMILES string of the molecule is Cc1ccccc1C1Nc2ccccc2-c2nc(N)nn3ccc1c23. The molecule has 0 aliphatic carbocycles. The molecule has 0 spiro atoms. The number of fused-ring (bicyclic) bond motifs is 2. The summed E-state index contributed by atoms with van der Waals surface area (Å²) in [6, 6.07) is 18.8. The van der Waals surface area contributed by atoms with Crippen molar-refractivity contribution in [3.8, 4) is 11.3 Å². The molecule has 0 amide bonds. The molecule has 0 fully saturated rings. The summed E-state index contributed by atoms with van der Waals surface area (Å²) in [6.07, 6.45) is 1.95. The number of rotatable bonds is 1. The molecule has 1 aliphatic heterocycles. The molecule has 3 N–H and O–H groups in total. The monoisotopic (exact) mass is 327 g/mol. The molecule has 0 radical (unpaired) electrons. The van der Waals surface area contributed by atoms with E-state index in [1.807, 2.05) is 22.8 Å². The summed E-state index contributed by atoms with van der Waals surface area (Å²) >= 11 is 0. The zero-order valence-electron chi connectivity index (χ0n) is 13.8. The molecule has 25 heavy (non-hydrogen) atoms. The van der Waals surface area contributed by atoms with Gasteiger partial charge in [-0.2, -0.15) is 0 Å². The number of nitrogens with zero attached hydrogens (tertiary/aromatic N) is 3. The topological polar surface area (TPSA) is 68.2 Å². The highest BCUT2D eigenvalue weighted by molar-refractivity contribution is 5.90. The Morgan fingerprint density at radius 3 is 2.68 bits per heavy atom. The van der Waals surface area contributed by atoms with Gasteiger partial charge in [0.15, 0.2) is 0 Å². The summed E-state index contributed by atoms with van der Waals surface area (Å²) in [4.78, 5) is 4.56. The Bertz CT molecular complexity index is 1110. The molecule has 1 aliphatic rings. The molecular formula is C20H17N5. The zero-order chi connectivity index (χ0) is 17.0. The van der Waals surface area contributed by atoms with Crippen LogP contribution in [0.1, 0.15) is 22.7 Å². The van der Waals surface area contributed by atoms with Crippen LogP contribution >= 0.6 is 0 Å². The van der Waals surface area contributed by atoms with Crippen molar-refractivity contribution in [2.45, 2.75) is 13.0 Å². The van der Waals surface area contributed by atoms with Crippen molar-refractivity contribution in [2.75, 3.05) is 11.1 Å². The quantitative estimate of drug-likeness (QED) is 0.558. The van der Waals surface area contributed by atoms with Crippen LogP contribution in [0.3, 0.4) is 0 Å². The summed E-state index contributed by atoms with van der Waals surface area (Å²) in [5.41, 5.74) is 13.5. The Balaban J connectivity index is 1.88. The molecule has 122 valence electrons. The van der Waals surface area contributed by atoms with E-state index in [-0.39, 0.29) is 12.0 Å². The number of hydrogen-bond acceptors (Lipinski definition) is 4. The van der Waals surface area contributed by atoms with Gasteiger partial charge in [-0.25, -0.2) is 9.50 Å². The first kappa shape index (κ1) is 14.0. The predicted octanol–water partition coefficient (Wildman–Crippen LogP) is 3.80. The lowest BCUT2D eigenvalue weighted by molar-refractivity contribution is 0.908. The number of para-hydroxylation sites is 1. The van der Waals surface area contributed by atoms with Gasteiger partial charge >= 0.3 is 0 Å². The van der Waals surface area contributed by atoms with Crippen LogP contribution in [-0.4, -0.2) is 14.6 Å². The second kappa shape index (κ2) is 5.08. The van der Waals surface area contributed by atoms with Crippen molar-refractivity contribution >= 4 is 17.2 Å². The normalized spacial score (nSPS) is 15.5. The highest BCUT2D eigenvalue weighted by Crippen LogP contribution is 2.41. The fourth-order valence-corrected chi connectivity index (χ4v) is 3.69. The average molecular weight is 327 g/mol. The van der Waals surface area contributed by atoms with E-state index >= 15 is 0 Å². The van der Waals surface area contributed by atoms with E-state index < -0.39 is 0 Å². The Kier molecular flexibility index (Phi) is 2.85. The van der Waals surface area contributed by atoms with Crippen molar-refractivity contribution in [1.82, 2.24) is 14.6 Å². The lowest BCUT2D eigenvalue weighted by atomic mass is 9.96. The number of nitrogens with two attached hydrogens (primary N) is 1. The largest absolute Gasteiger partial charge is 0.373 e. The van der Waals surface area contributed by atoms with Crippen molar-refractivity contribution in [2.24, 2.45) is 0 Å². The Hall–Kier alpha value is -3.34. The lowest BCUT2D eigenvalue weighted by Gasteiger charge is -2.21.